The molecule has 2 heteroatoms. The van der Waals surface area contributed by atoms with E-state index in [9.17, 15) is 0 Å². The Bertz CT molecular complexity index is 483. The second kappa shape index (κ2) is 3.31. The van der Waals surface area contributed by atoms with Gasteiger partial charge >= 0.3 is 0 Å². The maximum Gasteiger partial charge on any atom is 0.0346 e. The van der Waals surface area contributed by atoms with Crippen LogP contribution in [0.4, 0.5) is 0 Å². The van der Waals surface area contributed by atoms with Gasteiger partial charge in [-0.15, -0.1) is 0 Å². The Hall–Kier alpha value is -1.41. The topological polar surface area (TPSA) is 38.9 Å². The summed E-state index contributed by atoms with van der Waals surface area (Å²) in [6.45, 7) is 0. The molecule has 1 aliphatic rings. The van der Waals surface area contributed by atoms with Crippen LogP contribution in [0.3, 0.4) is 0 Å². The third-order valence-corrected chi connectivity index (χ3v) is 3.20. The average molecular weight is 198 g/mol. The zero-order valence-corrected chi connectivity index (χ0v) is 8.56. The minimum Gasteiger partial charge on any atom is -0.324 e. The first kappa shape index (κ1) is 8.86. The van der Waals surface area contributed by atoms with Crippen LogP contribution in [0.25, 0.3) is 10.8 Å². The third-order valence-electron chi connectivity index (χ3n) is 3.20. The van der Waals surface area contributed by atoms with Crippen LogP contribution in [0.2, 0.25) is 0 Å². The highest BCUT2D eigenvalue weighted by Gasteiger charge is 2.30. The summed E-state index contributed by atoms with van der Waals surface area (Å²) in [5.74, 6) is 0.698. The number of rotatable bonds is 2. The molecule has 0 bridgehead atoms. The molecule has 0 amide bonds. The van der Waals surface area contributed by atoms with Gasteiger partial charge in [-0.1, -0.05) is 18.2 Å². The lowest BCUT2D eigenvalue weighted by Gasteiger charge is -2.13. The lowest BCUT2D eigenvalue weighted by Crippen LogP contribution is -2.12. The van der Waals surface area contributed by atoms with Crippen molar-refractivity contribution in [3.63, 3.8) is 0 Å². The molecular formula is C13H14N2. The number of aromatic nitrogens is 1. The Morgan fingerprint density at radius 2 is 2.13 bits per heavy atom. The van der Waals surface area contributed by atoms with E-state index in [2.05, 4.69) is 29.2 Å². The van der Waals surface area contributed by atoms with Crippen molar-refractivity contribution in [1.29, 1.82) is 0 Å². The largest absolute Gasteiger partial charge is 0.324 e. The summed E-state index contributed by atoms with van der Waals surface area (Å²) in [4.78, 5) is 4.13. The van der Waals surface area contributed by atoms with E-state index in [-0.39, 0.29) is 6.04 Å². The van der Waals surface area contributed by atoms with E-state index in [1.165, 1.54) is 29.2 Å². The van der Waals surface area contributed by atoms with Crippen LogP contribution in [0, 0.1) is 5.92 Å². The maximum absolute atomic E-state index is 6.25. The quantitative estimate of drug-likeness (QED) is 0.805. The zero-order valence-electron chi connectivity index (χ0n) is 8.56. The van der Waals surface area contributed by atoms with E-state index in [0.29, 0.717) is 5.92 Å². The molecule has 0 saturated heterocycles. The van der Waals surface area contributed by atoms with Crippen LogP contribution in [-0.2, 0) is 0 Å². The van der Waals surface area contributed by atoms with Crippen LogP contribution in [-0.4, -0.2) is 4.98 Å². The fourth-order valence-electron chi connectivity index (χ4n) is 2.15. The minimum atomic E-state index is 0.205. The van der Waals surface area contributed by atoms with Crippen molar-refractivity contribution in [3.8, 4) is 0 Å². The molecule has 3 rings (SSSR count). The second-order valence-electron chi connectivity index (χ2n) is 4.31. The van der Waals surface area contributed by atoms with E-state index in [4.69, 9.17) is 5.73 Å². The van der Waals surface area contributed by atoms with Crippen molar-refractivity contribution < 1.29 is 0 Å². The summed E-state index contributed by atoms with van der Waals surface area (Å²) < 4.78 is 0. The van der Waals surface area contributed by atoms with Crippen molar-refractivity contribution in [2.24, 2.45) is 11.7 Å². The van der Waals surface area contributed by atoms with E-state index in [1.807, 2.05) is 12.4 Å². The van der Waals surface area contributed by atoms with E-state index < -0.39 is 0 Å². The molecular weight excluding hydrogens is 184 g/mol. The Morgan fingerprint density at radius 1 is 1.27 bits per heavy atom. The van der Waals surface area contributed by atoms with Gasteiger partial charge in [0, 0.05) is 23.8 Å². The van der Waals surface area contributed by atoms with Gasteiger partial charge in [0.05, 0.1) is 0 Å². The van der Waals surface area contributed by atoms with Crippen molar-refractivity contribution in [2.45, 2.75) is 18.9 Å². The van der Waals surface area contributed by atoms with Gasteiger partial charge in [0.25, 0.3) is 0 Å². The molecule has 76 valence electrons. The first-order valence-electron chi connectivity index (χ1n) is 5.44. The zero-order chi connectivity index (χ0) is 10.3. The van der Waals surface area contributed by atoms with E-state index >= 15 is 0 Å². The number of benzene rings is 1. The Balaban J connectivity index is 2.16. The highest BCUT2D eigenvalue weighted by molar-refractivity contribution is 5.85. The van der Waals surface area contributed by atoms with Crippen LogP contribution in [0.1, 0.15) is 24.4 Å². The summed E-state index contributed by atoms with van der Waals surface area (Å²) in [7, 11) is 0. The van der Waals surface area contributed by atoms with Gasteiger partial charge in [-0.05, 0) is 35.8 Å². The molecule has 2 aromatic rings. The van der Waals surface area contributed by atoms with Gasteiger partial charge in [0.15, 0.2) is 0 Å². The lowest BCUT2D eigenvalue weighted by atomic mass is 9.98. The lowest BCUT2D eigenvalue weighted by molar-refractivity contribution is 0.638. The van der Waals surface area contributed by atoms with Crippen LogP contribution in [0.15, 0.2) is 36.7 Å². The summed E-state index contributed by atoms with van der Waals surface area (Å²) in [6.07, 6.45) is 6.30. The number of pyridine rings is 1. The summed E-state index contributed by atoms with van der Waals surface area (Å²) in [5, 5.41) is 2.44. The molecule has 1 aromatic heterocycles. The third kappa shape index (κ3) is 1.51. The average Bonchev–Trinajstić information content (AvgIpc) is 3.11. The molecule has 1 unspecified atom stereocenters. The Labute approximate surface area is 89.1 Å². The minimum absolute atomic E-state index is 0.205. The Kier molecular flexibility index (Phi) is 1.96. The van der Waals surface area contributed by atoms with Crippen LogP contribution < -0.4 is 5.73 Å². The van der Waals surface area contributed by atoms with Gasteiger partial charge in [0.1, 0.15) is 0 Å². The predicted molar refractivity (Wildman–Crippen MR) is 61.4 cm³/mol. The fourth-order valence-corrected chi connectivity index (χ4v) is 2.15. The van der Waals surface area contributed by atoms with Gasteiger partial charge in [-0.3, -0.25) is 4.98 Å². The second-order valence-corrected chi connectivity index (χ2v) is 4.31. The molecule has 1 saturated carbocycles. The molecule has 2 nitrogen and oxygen atoms in total. The summed E-state index contributed by atoms with van der Waals surface area (Å²) in [5.41, 5.74) is 7.52. The molecule has 0 spiro atoms. The first-order valence-corrected chi connectivity index (χ1v) is 5.44. The summed E-state index contributed by atoms with van der Waals surface area (Å²) >= 11 is 0. The van der Waals surface area contributed by atoms with Crippen molar-refractivity contribution in [1.82, 2.24) is 4.98 Å². The molecule has 15 heavy (non-hydrogen) atoms. The molecule has 0 radical (unpaired) electrons. The molecule has 1 heterocycles. The van der Waals surface area contributed by atoms with Crippen LogP contribution in [0.5, 0.6) is 0 Å². The normalized spacial score (nSPS) is 17.9. The van der Waals surface area contributed by atoms with E-state index in [0.717, 1.165) is 0 Å². The predicted octanol–water partition coefficient (Wildman–Crippen LogP) is 2.64. The molecule has 1 fully saturated rings. The van der Waals surface area contributed by atoms with Gasteiger partial charge < -0.3 is 5.73 Å². The maximum atomic E-state index is 6.25. The number of hydrogen-bond acceptors (Lipinski definition) is 2. The number of nitrogens with zero attached hydrogens (tertiary/aromatic N) is 1. The van der Waals surface area contributed by atoms with Crippen molar-refractivity contribution in [3.05, 3.63) is 42.2 Å². The standard InChI is InChI=1S/C13H14N2/c14-13(9-4-5-9)12-3-1-2-10-8-15-7-6-11(10)12/h1-3,6-9,13H,4-5,14H2. The number of hydrogen-bond donors (Lipinski definition) is 1. The highest BCUT2D eigenvalue weighted by Crippen LogP contribution is 2.41. The van der Waals surface area contributed by atoms with Gasteiger partial charge in [-0.2, -0.15) is 0 Å². The van der Waals surface area contributed by atoms with E-state index in [1.54, 1.807) is 0 Å². The molecule has 0 aliphatic heterocycles. The fraction of sp³-hybridized carbons (Fsp3) is 0.308. The van der Waals surface area contributed by atoms with Crippen molar-refractivity contribution in [2.75, 3.05) is 0 Å². The summed E-state index contributed by atoms with van der Waals surface area (Å²) in [6, 6.07) is 8.57. The molecule has 1 aromatic carbocycles. The van der Waals surface area contributed by atoms with Gasteiger partial charge in [-0.25, -0.2) is 0 Å². The molecule has 1 aliphatic carbocycles. The molecule has 2 N–H and O–H groups in total. The smallest absolute Gasteiger partial charge is 0.0346 e. The van der Waals surface area contributed by atoms with Crippen LogP contribution >= 0.6 is 0 Å². The Morgan fingerprint density at radius 3 is 2.93 bits per heavy atom. The van der Waals surface area contributed by atoms with Gasteiger partial charge in [0.2, 0.25) is 0 Å². The van der Waals surface area contributed by atoms with Crippen molar-refractivity contribution >= 4 is 10.8 Å². The molecule has 1 atom stereocenters. The highest BCUT2D eigenvalue weighted by atomic mass is 14.7. The SMILES string of the molecule is NC(c1cccc2cnccc12)C1CC1. The monoisotopic (exact) mass is 198 g/mol. The number of fused-ring (bicyclic) bond motifs is 1. The number of nitrogens with two attached hydrogens (primary N) is 1. The first-order chi connectivity index (χ1) is 7.36.